The van der Waals surface area contributed by atoms with Crippen LogP contribution in [-0.4, -0.2) is 30.9 Å². The van der Waals surface area contributed by atoms with Gasteiger partial charge in [0.1, 0.15) is 0 Å². The Morgan fingerprint density at radius 3 is 3.00 bits per heavy atom. The van der Waals surface area contributed by atoms with E-state index in [1.54, 1.807) is 6.07 Å². The summed E-state index contributed by atoms with van der Waals surface area (Å²) < 4.78 is 0. The van der Waals surface area contributed by atoms with E-state index in [-0.39, 0.29) is 24.4 Å². The molecule has 1 fully saturated rings. The number of carbonyl (C=O) groups excluding carboxylic acids is 2. The number of piperidine rings is 1. The van der Waals surface area contributed by atoms with Crippen LogP contribution in [0.15, 0.2) is 18.2 Å². The minimum Gasteiger partial charge on any atom is -0.354 e. The highest BCUT2D eigenvalue weighted by atomic mass is 16.2. The van der Waals surface area contributed by atoms with Crippen LogP contribution in [0.5, 0.6) is 0 Å². The van der Waals surface area contributed by atoms with E-state index in [9.17, 15) is 9.59 Å². The molecule has 0 spiro atoms. The Bertz CT molecular complexity index is 604. The van der Waals surface area contributed by atoms with Crippen molar-refractivity contribution < 1.29 is 9.59 Å². The molecule has 21 heavy (non-hydrogen) atoms. The maximum Gasteiger partial charge on any atom is 0.252 e. The second-order valence-corrected chi connectivity index (χ2v) is 5.07. The van der Waals surface area contributed by atoms with E-state index in [0.29, 0.717) is 30.5 Å². The summed E-state index contributed by atoms with van der Waals surface area (Å²) in [6, 6.07) is 5.49. The summed E-state index contributed by atoms with van der Waals surface area (Å²) in [6.45, 7) is 2.68. The monoisotopic (exact) mass is 285 g/mol. The van der Waals surface area contributed by atoms with Gasteiger partial charge in [-0.05, 0) is 31.0 Å². The Hall–Kier alpha value is -2.32. The Morgan fingerprint density at radius 1 is 1.52 bits per heavy atom. The normalized spacial score (nSPS) is 17.4. The van der Waals surface area contributed by atoms with E-state index in [4.69, 9.17) is 5.73 Å². The summed E-state index contributed by atoms with van der Waals surface area (Å²) in [6.07, 6.45) is 1.10. The first kappa shape index (κ1) is 15.1. The van der Waals surface area contributed by atoms with E-state index >= 15 is 0 Å². The second kappa shape index (κ2) is 6.91. The van der Waals surface area contributed by atoms with Crippen LogP contribution in [0.1, 0.15) is 34.3 Å². The summed E-state index contributed by atoms with van der Waals surface area (Å²) in [4.78, 5) is 23.5. The van der Waals surface area contributed by atoms with E-state index in [1.807, 2.05) is 19.1 Å². The van der Waals surface area contributed by atoms with Crippen LogP contribution in [0, 0.1) is 18.8 Å². The number of aryl methyl sites for hydroxylation is 1. The van der Waals surface area contributed by atoms with Gasteiger partial charge in [-0.3, -0.25) is 9.59 Å². The number of nitrogens with two attached hydrogens (primary N) is 1. The number of nitrogens with one attached hydrogen (secondary N) is 2. The summed E-state index contributed by atoms with van der Waals surface area (Å²) >= 11 is 0. The molecule has 1 aliphatic heterocycles. The van der Waals surface area contributed by atoms with E-state index < -0.39 is 0 Å². The lowest BCUT2D eigenvalue weighted by atomic mass is 10.0. The minimum atomic E-state index is -0.169. The molecule has 1 aliphatic rings. The van der Waals surface area contributed by atoms with Gasteiger partial charge in [-0.25, -0.2) is 0 Å². The molecule has 5 nitrogen and oxygen atoms in total. The van der Waals surface area contributed by atoms with Crippen LogP contribution in [0.25, 0.3) is 0 Å². The van der Waals surface area contributed by atoms with Crippen LogP contribution < -0.4 is 16.4 Å². The van der Waals surface area contributed by atoms with Crippen LogP contribution in [-0.2, 0) is 4.79 Å². The van der Waals surface area contributed by atoms with Gasteiger partial charge in [0.05, 0.1) is 12.1 Å². The molecule has 0 saturated carbocycles. The van der Waals surface area contributed by atoms with Crippen molar-refractivity contribution in [1.29, 1.82) is 0 Å². The molecule has 5 heteroatoms. The maximum atomic E-state index is 12.4. The lowest BCUT2D eigenvalue weighted by molar-refractivity contribution is -0.122. The van der Waals surface area contributed by atoms with Gasteiger partial charge in [0.25, 0.3) is 5.91 Å². The molecule has 2 amide bonds. The van der Waals surface area contributed by atoms with Gasteiger partial charge in [-0.1, -0.05) is 17.9 Å². The first-order valence-corrected chi connectivity index (χ1v) is 6.97. The highest BCUT2D eigenvalue weighted by Gasteiger charge is 2.21. The molecular formula is C16H19N3O2. The van der Waals surface area contributed by atoms with Gasteiger partial charge in [-0.2, -0.15) is 0 Å². The van der Waals surface area contributed by atoms with Crippen molar-refractivity contribution in [2.45, 2.75) is 25.8 Å². The number of hydrogen-bond acceptors (Lipinski definition) is 3. The zero-order valence-electron chi connectivity index (χ0n) is 12.0. The quantitative estimate of drug-likeness (QED) is 0.684. The summed E-state index contributed by atoms with van der Waals surface area (Å²) in [5.74, 6) is 5.57. The highest BCUT2D eigenvalue weighted by molar-refractivity contribution is 5.97. The predicted octanol–water partition coefficient (Wildman–Crippen LogP) is 0.314. The van der Waals surface area contributed by atoms with Gasteiger partial charge in [-0.15, -0.1) is 0 Å². The largest absolute Gasteiger partial charge is 0.354 e. The molecule has 1 heterocycles. The van der Waals surface area contributed by atoms with Crippen molar-refractivity contribution in [2.75, 3.05) is 13.1 Å². The van der Waals surface area contributed by atoms with E-state index in [0.717, 1.165) is 5.56 Å². The molecule has 2 rings (SSSR count). The number of carbonyl (C=O) groups is 2. The highest BCUT2D eigenvalue weighted by Crippen LogP contribution is 2.12. The third-order valence-corrected chi connectivity index (χ3v) is 3.35. The fraction of sp³-hybridized carbons (Fsp3) is 0.375. The summed E-state index contributed by atoms with van der Waals surface area (Å²) in [5, 5.41) is 5.69. The Balaban J connectivity index is 2.13. The number of hydrogen-bond donors (Lipinski definition) is 3. The van der Waals surface area contributed by atoms with Crippen molar-refractivity contribution in [3.63, 3.8) is 0 Å². The molecule has 0 bridgehead atoms. The van der Waals surface area contributed by atoms with Crippen LogP contribution in [0.3, 0.4) is 0 Å². The van der Waals surface area contributed by atoms with Crippen molar-refractivity contribution in [3.05, 3.63) is 34.9 Å². The predicted molar refractivity (Wildman–Crippen MR) is 80.6 cm³/mol. The molecule has 4 N–H and O–H groups in total. The Kier molecular flexibility index (Phi) is 4.96. The van der Waals surface area contributed by atoms with Crippen LogP contribution >= 0.6 is 0 Å². The third-order valence-electron chi connectivity index (χ3n) is 3.35. The topological polar surface area (TPSA) is 84.2 Å². The molecule has 110 valence electrons. The lowest BCUT2D eigenvalue weighted by Crippen LogP contribution is -2.47. The standard InChI is InChI=1S/C16H19N3O2/c1-11-4-6-14(12(9-11)3-2-8-17)16(21)19-13-5-7-15(20)18-10-13/h4,6,9,13H,5,7-8,10,17H2,1H3,(H,18,20)(H,19,21). The van der Waals surface area contributed by atoms with Crippen LogP contribution in [0.2, 0.25) is 0 Å². The molecular weight excluding hydrogens is 266 g/mol. The fourth-order valence-electron chi connectivity index (χ4n) is 2.22. The van der Waals surface area contributed by atoms with Crippen LogP contribution in [0.4, 0.5) is 0 Å². The molecule has 1 aromatic rings. The smallest absolute Gasteiger partial charge is 0.252 e. The van der Waals surface area contributed by atoms with Crippen molar-refractivity contribution >= 4 is 11.8 Å². The van der Waals surface area contributed by atoms with Gasteiger partial charge < -0.3 is 16.4 Å². The molecule has 1 atom stereocenters. The second-order valence-electron chi connectivity index (χ2n) is 5.07. The zero-order chi connectivity index (χ0) is 15.2. The SMILES string of the molecule is Cc1ccc(C(=O)NC2CCC(=O)NC2)c(C#CCN)c1. The summed E-state index contributed by atoms with van der Waals surface area (Å²) in [7, 11) is 0. The number of rotatable bonds is 2. The van der Waals surface area contributed by atoms with E-state index in [2.05, 4.69) is 22.5 Å². The molecule has 0 aromatic heterocycles. The lowest BCUT2D eigenvalue weighted by Gasteiger charge is -2.23. The number of benzene rings is 1. The molecule has 0 radical (unpaired) electrons. The molecule has 1 saturated heterocycles. The molecule has 1 unspecified atom stereocenters. The van der Waals surface area contributed by atoms with Gasteiger partial charge in [0.15, 0.2) is 0 Å². The van der Waals surface area contributed by atoms with E-state index in [1.165, 1.54) is 0 Å². The van der Waals surface area contributed by atoms with Gasteiger partial charge >= 0.3 is 0 Å². The maximum absolute atomic E-state index is 12.4. The average molecular weight is 285 g/mol. The van der Waals surface area contributed by atoms with Crippen molar-refractivity contribution in [1.82, 2.24) is 10.6 Å². The van der Waals surface area contributed by atoms with Gasteiger partial charge in [0, 0.05) is 24.6 Å². The van der Waals surface area contributed by atoms with Gasteiger partial charge in [0.2, 0.25) is 5.91 Å². The minimum absolute atomic E-state index is 0.0327. The zero-order valence-corrected chi connectivity index (χ0v) is 12.0. The fourth-order valence-corrected chi connectivity index (χ4v) is 2.22. The molecule has 1 aromatic carbocycles. The average Bonchev–Trinajstić information content (AvgIpc) is 2.47. The third kappa shape index (κ3) is 4.07. The Labute approximate surface area is 124 Å². The Morgan fingerprint density at radius 2 is 2.33 bits per heavy atom. The first-order valence-electron chi connectivity index (χ1n) is 6.97. The van der Waals surface area contributed by atoms with Crippen molar-refractivity contribution in [2.24, 2.45) is 5.73 Å². The first-order chi connectivity index (χ1) is 10.1. The number of amides is 2. The van der Waals surface area contributed by atoms with Crippen molar-refractivity contribution in [3.8, 4) is 11.8 Å². The molecule has 0 aliphatic carbocycles. The summed E-state index contributed by atoms with van der Waals surface area (Å²) in [5.41, 5.74) is 7.65.